The number of carbonyl (C=O) groups excluding carboxylic acids is 1. The first-order chi connectivity index (χ1) is 12.9. The number of rotatable bonds is 5. The number of nitrogens with one attached hydrogen (secondary N) is 1. The smallest absolute Gasteiger partial charge is 0.419 e. The lowest BCUT2D eigenvalue weighted by atomic mass is 10.2. The van der Waals surface area contributed by atoms with Gasteiger partial charge < -0.3 is 14.7 Å². The zero-order valence-electron chi connectivity index (χ0n) is 14.3. The van der Waals surface area contributed by atoms with Crippen LogP contribution in [0.2, 0.25) is 0 Å². The molecule has 2 amide bonds. The summed E-state index contributed by atoms with van der Waals surface area (Å²) in [7, 11) is 0. The summed E-state index contributed by atoms with van der Waals surface area (Å²) >= 11 is 0. The summed E-state index contributed by atoms with van der Waals surface area (Å²) in [5.74, 6) is 0.0974. The first kappa shape index (κ1) is 19.0. The molecule has 1 fully saturated rings. The third kappa shape index (κ3) is 4.70. The average Bonchev–Trinajstić information content (AvgIpc) is 3.24. The Morgan fingerprint density at radius 3 is 2.85 bits per heavy atom. The third-order valence-corrected chi connectivity index (χ3v) is 4.12. The van der Waals surface area contributed by atoms with Gasteiger partial charge in [-0.1, -0.05) is 12.1 Å². The van der Waals surface area contributed by atoms with E-state index in [1.807, 2.05) is 0 Å². The van der Waals surface area contributed by atoms with Gasteiger partial charge in [0.05, 0.1) is 25.3 Å². The van der Waals surface area contributed by atoms with Crippen molar-refractivity contribution >= 4 is 11.8 Å². The van der Waals surface area contributed by atoms with Crippen molar-refractivity contribution in [2.24, 2.45) is 0 Å². The summed E-state index contributed by atoms with van der Waals surface area (Å²) in [6.07, 6.45) is -2.97. The van der Waals surface area contributed by atoms with Crippen molar-refractivity contribution in [3.63, 3.8) is 0 Å². The lowest BCUT2D eigenvalue weighted by Crippen LogP contribution is -2.34. The van der Waals surface area contributed by atoms with E-state index in [-0.39, 0.29) is 18.9 Å². The fourth-order valence-corrected chi connectivity index (χ4v) is 2.84. The molecule has 0 unspecified atom stereocenters. The maximum atomic E-state index is 13.0. The molecule has 2 aromatic rings. The number of nitrogens with zero attached hydrogens (tertiary/aromatic N) is 3. The molecule has 2 N–H and O–H groups in total. The number of urea groups is 1. The van der Waals surface area contributed by atoms with Crippen LogP contribution in [0.4, 0.5) is 23.8 Å². The van der Waals surface area contributed by atoms with Gasteiger partial charge in [-0.2, -0.15) is 18.3 Å². The van der Waals surface area contributed by atoms with Gasteiger partial charge in [-0.3, -0.25) is 10.00 Å². The molecule has 146 valence electrons. The number of hydrogen-bond acceptors (Lipinski definition) is 4. The molecule has 7 nitrogen and oxygen atoms in total. The van der Waals surface area contributed by atoms with Gasteiger partial charge in [-0.05, 0) is 12.1 Å². The lowest BCUT2D eigenvalue weighted by molar-refractivity contribution is -0.139. The monoisotopic (exact) mass is 384 g/mol. The number of alkyl halides is 3. The standard InChI is InChI=1S/C17H19F3N4O3/c18-17(19,20)13-3-1-2-4-14(13)27-12-5-7-23(11-12)16(26)21-15-6-8-24(22-15)9-10-25/h1-4,6,8,12,25H,5,7,9-11H2,(H,21,22,26)/t12-/m0/s1. The molecular weight excluding hydrogens is 365 g/mol. The van der Waals surface area contributed by atoms with Gasteiger partial charge in [0, 0.05) is 25.2 Å². The van der Waals surface area contributed by atoms with Crippen LogP contribution in [0.5, 0.6) is 5.75 Å². The summed E-state index contributed by atoms with van der Waals surface area (Å²) in [5, 5.41) is 15.6. The molecule has 0 bridgehead atoms. The predicted molar refractivity (Wildman–Crippen MR) is 90.4 cm³/mol. The van der Waals surface area contributed by atoms with E-state index in [1.54, 1.807) is 12.3 Å². The van der Waals surface area contributed by atoms with E-state index in [2.05, 4.69) is 10.4 Å². The van der Waals surface area contributed by atoms with Crippen molar-refractivity contribution in [2.75, 3.05) is 25.0 Å². The van der Waals surface area contributed by atoms with Gasteiger partial charge in [0.25, 0.3) is 0 Å². The van der Waals surface area contributed by atoms with E-state index >= 15 is 0 Å². The van der Waals surface area contributed by atoms with Crippen molar-refractivity contribution in [1.29, 1.82) is 0 Å². The highest BCUT2D eigenvalue weighted by atomic mass is 19.4. The normalized spacial score (nSPS) is 17.2. The van der Waals surface area contributed by atoms with Crippen LogP contribution in [0.3, 0.4) is 0 Å². The van der Waals surface area contributed by atoms with Crippen LogP contribution < -0.4 is 10.1 Å². The average molecular weight is 384 g/mol. The summed E-state index contributed by atoms with van der Waals surface area (Å²) in [6.45, 7) is 0.783. The third-order valence-electron chi connectivity index (χ3n) is 4.12. The van der Waals surface area contributed by atoms with E-state index in [0.29, 0.717) is 25.3 Å². The summed E-state index contributed by atoms with van der Waals surface area (Å²) in [6, 6.07) is 6.22. The van der Waals surface area contributed by atoms with E-state index in [4.69, 9.17) is 9.84 Å². The molecule has 1 atom stereocenters. The number of hydrogen-bond donors (Lipinski definition) is 2. The van der Waals surface area contributed by atoms with Crippen molar-refractivity contribution in [2.45, 2.75) is 25.2 Å². The molecule has 1 aromatic carbocycles. The summed E-state index contributed by atoms with van der Waals surface area (Å²) < 4.78 is 46.1. The number of aromatic nitrogens is 2. The highest BCUT2D eigenvalue weighted by Gasteiger charge is 2.36. The molecule has 3 rings (SSSR count). The Balaban J connectivity index is 1.58. The Morgan fingerprint density at radius 1 is 1.33 bits per heavy atom. The first-order valence-corrected chi connectivity index (χ1v) is 8.40. The minimum absolute atomic E-state index is 0.0698. The number of benzene rings is 1. The zero-order chi connectivity index (χ0) is 19.4. The first-order valence-electron chi connectivity index (χ1n) is 8.40. The number of ether oxygens (including phenoxy) is 1. The second kappa shape index (κ2) is 7.87. The maximum Gasteiger partial charge on any atom is 0.419 e. The van der Waals surface area contributed by atoms with Crippen molar-refractivity contribution < 1.29 is 27.8 Å². The van der Waals surface area contributed by atoms with Crippen LogP contribution in [0.15, 0.2) is 36.5 Å². The van der Waals surface area contributed by atoms with Crippen molar-refractivity contribution in [1.82, 2.24) is 14.7 Å². The van der Waals surface area contributed by atoms with Gasteiger partial charge in [0.1, 0.15) is 11.9 Å². The molecule has 0 radical (unpaired) electrons. The Morgan fingerprint density at radius 2 is 2.11 bits per heavy atom. The predicted octanol–water partition coefficient (Wildman–Crippen LogP) is 2.58. The molecule has 0 aliphatic carbocycles. The summed E-state index contributed by atoms with van der Waals surface area (Å²) in [5.41, 5.74) is -0.831. The number of para-hydroxylation sites is 1. The number of likely N-dealkylation sites (tertiary alicyclic amines) is 1. The zero-order valence-corrected chi connectivity index (χ0v) is 14.3. The minimum Gasteiger partial charge on any atom is -0.488 e. The highest BCUT2D eigenvalue weighted by Crippen LogP contribution is 2.36. The summed E-state index contributed by atoms with van der Waals surface area (Å²) in [4.78, 5) is 13.8. The Labute approximate surface area is 153 Å². The molecule has 1 aliphatic heterocycles. The number of carbonyl (C=O) groups is 1. The fourth-order valence-electron chi connectivity index (χ4n) is 2.84. The maximum absolute atomic E-state index is 13.0. The molecule has 0 spiro atoms. The number of halogens is 3. The number of aliphatic hydroxyl groups excluding tert-OH is 1. The molecular formula is C17H19F3N4O3. The molecule has 1 saturated heterocycles. The number of amides is 2. The molecule has 2 heterocycles. The quantitative estimate of drug-likeness (QED) is 0.831. The van der Waals surface area contributed by atoms with Crippen LogP contribution in [0.25, 0.3) is 0 Å². The Bertz CT molecular complexity index is 794. The minimum atomic E-state index is -4.50. The van der Waals surface area contributed by atoms with Crippen LogP contribution in [-0.4, -0.2) is 51.6 Å². The molecule has 10 heteroatoms. The number of anilines is 1. The van der Waals surface area contributed by atoms with Crippen molar-refractivity contribution in [3.05, 3.63) is 42.1 Å². The van der Waals surface area contributed by atoms with Gasteiger partial charge in [0.15, 0.2) is 5.82 Å². The topological polar surface area (TPSA) is 79.6 Å². The molecule has 27 heavy (non-hydrogen) atoms. The largest absolute Gasteiger partial charge is 0.488 e. The van der Waals surface area contributed by atoms with Gasteiger partial charge in [-0.25, -0.2) is 4.79 Å². The molecule has 1 aromatic heterocycles. The molecule has 1 aliphatic rings. The van der Waals surface area contributed by atoms with E-state index in [1.165, 1.54) is 27.8 Å². The van der Waals surface area contributed by atoms with Crippen LogP contribution >= 0.6 is 0 Å². The Hall–Kier alpha value is -2.75. The van der Waals surface area contributed by atoms with Crippen LogP contribution in [-0.2, 0) is 12.7 Å². The lowest BCUT2D eigenvalue weighted by Gasteiger charge is -2.19. The van der Waals surface area contributed by atoms with Gasteiger partial charge in [0.2, 0.25) is 0 Å². The second-order valence-electron chi connectivity index (χ2n) is 6.09. The Kier molecular flexibility index (Phi) is 5.54. The van der Waals surface area contributed by atoms with Crippen LogP contribution in [0.1, 0.15) is 12.0 Å². The van der Waals surface area contributed by atoms with E-state index in [9.17, 15) is 18.0 Å². The second-order valence-corrected chi connectivity index (χ2v) is 6.09. The highest BCUT2D eigenvalue weighted by molar-refractivity contribution is 5.88. The van der Waals surface area contributed by atoms with Crippen LogP contribution in [0, 0.1) is 0 Å². The van der Waals surface area contributed by atoms with E-state index in [0.717, 1.165) is 6.07 Å². The number of aliphatic hydroxyl groups is 1. The van der Waals surface area contributed by atoms with Gasteiger partial charge >= 0.3 is 12.2 Å². The van der Waals surface area contributed by atoms with Gasteiger partial charge in [-0.15, -0.1) is 0 Å². The molecule has 0 saturated carbocycles. The fraction of sp³-hybridized carbons (Fsp3) is 0.412. The SMILES string of the molecule is O=C(Nc1ccn(CCO)n1)N1CC[C@H](Oc2ccccc2C(F)(F)F)C1. The van der Waals surface area contributed by atoms with E-state index < -0.39 is 23.9 Å². The van der Waals surface area contributed by atoms with Crippen molar-refractivity contribution in [3.8, 4) is 5.75 Å².